The highest BCUT2D eigenvalue weighted by atomic mass is 79.9. The van der Waals surface area contributed by atoms with Crippen molar-refractivity contribution in [2.75, 3.05) is 31.6 Å². The molecule has 134 valence electrons. The van der Waals surface area contributed by atoms with Crippen LogP contribution in [0, 0.1) is 11.3 Å². The molecule has 2 rings (SSSR count). The van der Waals surface area contributed by atoms with Crippen LogP contribution in [0.4, 0.5) is 5.69 Å². The van der Waals surface area contributed by atoms with Gasteiger partial charge < -0.3 is 15.5 Å². The molecular weight excluding hydrogens is 394 g/mol. The zero-order valence-electron chi connectivity index (χ0n) is 14.3. The molecule has 1 aromatic carbocycles. The third kappa shape index (κ3) is 4.71. The number of amides is 2. The van der Waals surface area contributed by atoms with Crippen molar-refractivity contribution in [1.82, 2.24) is 4.90 Å². The van der Waals surface area contributed by atoms with E-state index < -0.39 is 0 Å². The molecule has 1 unspecified atom stereocenters. The molecule has 1 fully saturated rings. The standard InChI is InChI=1S/C17H24BrN3O2.ClH/c1-17(2,10-19)11-20(3)16(23)12-8-15(22)21(9-12)14-7-5-4-6-13(14)18;/h4-7,12H,8-11,19H2,1-3H3;1H. The van der Waals surface area contributed by atoms with Gasteiger partial charge in [0.05, 0.1) is 11.6 Å². The number of carbonyl (C=O) groups is 2. The maximum Gasteiger partial charge on any atom is 0.227 e. The lowest BCUT2D eigenvalue weighted by molar-refractivity contribution is -0.135. The zero-order valence-corrected chi connectivity index (χ0v) is 16.7. The molecule has 0 aliphatic carbocycles. The van der Waals surface area contributed by atoms with E-state index in [-0.39, 0.29) is 42.0 Å². The highest BCUT2D eigenvalue weighted by molar-refractivity contribution is 9.10. The molecular formula is C17H25BrClN3O2. The van der Waals surface area contributed by atoms with Gasteiger partial charge in [-0.15, -0.1) is 12.4 Å². The Balaban J connectivity index is 0.00000288. The fraction of sp³-hybridized carbons (Fsp3) is 0.529. The van der Waals surface area contributed by atoms with Crippen LogP contribution in [0.15, 0.2) is 28.7 Å². The van der Waals surface area contributed by atoms with Crippen molar-refractivity contribution in [2.24, 2.45) is 17.1 Å². The number of halogens is 2. The minimum Gasteiger partial charge on any atom is -0.345 e. The summed E-state index contributed by atoms with van der Waals surface area (Å²) in [5.74, 6) is -0.302. The van der Waals surface area contributed by atoms with Gasteiger partial charge in [-0.2, -0.15) is 0 Å². The predicted octanol–water partition coefficient (Wildman–Crippen LogP) is 2.67. The van der Waals surface area contributed by atoms with Crippen molar-refractivity contribution < 1.29 is 9.59 Å². The molecule has 1 saturated heterocycles. The lowest BCUT2D eigenvalue weighted by Gasteiger charge is -2.30. The monoisotopic (exact) mass is 417 g/mol. The number of nitrogens with zero attached hydrogens (tertiary/aromatic N) is 2. The van der Waals surface area contributed by atoms with Crippen LogP contribution in [0.25, 0.3) is 0 Å². The van der Waals surface area contributed by atoms with Crippen LogP contribution in [0.3, 0.4) is 0 Å². The molecule has 2 amide bonds. The quantitative estimate of drug-likeness (QED) is 0.799. The lowest BCUT2D eigenvalue weighted by Crippen LogP contribution is -2.42. The lowest BCUT2D eigenvalue weighted by atomic mass is 9.92. The molecule has 1 aliphatic heterocycles. The normalized spacial score (nSPS) is 17.6. The summed E-state index contributed by atoms with van der Waals surface area (Å²) < 4.78 is 0.860. The van der Waals surface area contributed by atoms with Crippen LogP contribution in [-0.4, -0.2) is 43.4 Å². The van der Waals surface area contributed by atoms with Crippen LogP contribution in [0.5, 0.6) is 0 Å². The molecule has 1 aromatic rings. The molecule has 1 heterocycles. The molecule has 0 bridgehead atoms. The van der Waals surface area contributed by atoms with Crippen molar-refractivity contribution in [3.05, 3.63) is 28.7 Å². The Morgan fingerprint density at radius 2 is 2.04 bits per heavy atom. The summed E-state index contributed by atoms with van der Waals surface area (Å²) in [6.07, 6.45) is 0.258. The first-order valence-corrected chi connectivity index (χ1v) is 8.54. The predicted molar refractivity (Wildman–Crippen MR) is 102 cm³/mol. The fourth-order valence-corrected chi connectivity index (χ4v) is 3.37. The maximum atomic E-state index is 12.6. The van der Waals surface area contributed by atoms with E-state index in [1.54, 1.807) is 16.8 Å². The first-order chi connectivity index (χ1) is 10.7. The Labute approximate surface area is 158 Å². The largest absolute Gasteiger partial charge is 0.345 e. The van der Waals surface area contributed by atoms with Crippen LogP contribution >= 0.6 is 28.3 Å². The van der Waals surface area contributed by atoms with Gasteiger partial charge in [-0.25, -0.2) is 0 Å². The van der Waals surface area contributed by atoms with E-state index in [4.69, 9.17) is 5.73 Å². The van der Waals surface area contributed by atoms with E-state index >= 15 is 0 Å². The molecule has 0 aromatic heterocycles. The molecule has 7 heteroatoms. The Bertz CT molecular complexity index is 609. The number of benzene rings is 1. The number of hydrogen-bond donors (Lipinski definition) is 1. The average molecular weight is 419 g/mol. The minimum atomic E-state index is -0.298. The summed E-state index contributed by atoms with van der Waals surface area (Å²) in [5.41, 5.74) is 6.43. The second-order valence-electron chi connectivity index (χ2n) is 6.92. The number of nitrogens with two attached hydrogens (primary N) is 1. The van der Waals surface area contributed by atoms with Gasteiger partial charge in [0.1, 0.15) is 0 Å². The zero-order chi connectivity index (χ0) is 17.2. The number of carbonyl (C=O) groups excluding carboxylic acids is 2. The third-order valence-electron chi connectivity index (χ3n) is 4.21. The van der Waals surface area contributed by atoms with E-state index in [1.165, 1.54) is 0 Å². The highest BCUT2D eigenvalue weighted by Gasteiger charge is 2.37. The molecule has 1 atom stereocenters. The summed E-state index contributed by atoms with van der Waals surface area (Å²) >= 11 is 3.47. The van der Waals surface area contributed by atoms with Crippen molar-refractivity contribution in [3.63, 3.8) is 0 Å². The van der Waals surface area contributed by atoms with Gasteiger partial charge in [0, 0.05) is 31.0 Å². The van der Waals surface area contributed by atoms with Crippen LogP contribution in [0.2, 0.25) is 0 Å². The van der Waals surface area contributed by atoms with Gasteiger partial charge in [-0.05, 0) is 40.0 Å². The molecule has 5 nitrogen and oxygen atoms in total. The molecule has 0 radical (unpaired) electrons. The van der Waals surface area contributed by atoms with Crippen molar-refractivity contribution >= 4 is 45.8 Å². The first kappa shape index (κ1) is 20.9. The van der Waals surface area contributed by atoms with Gasteiger partial charge in [0.15, 0.2) is 0 Å². The molecule has 24 heavy (non-hydrogen) atoms. The minimum absolute atomic E-state index is 0. The van der Waals surface area contributed by atoms with E-state index in [2.05, 4.69) is 15.9 Å². The summed E-state index contributed by atoms with van der Waals surface area (Å²) in [7, 11) is 1.78. The van der Waals surface area contributed by atoms with Crippen molar-refractivity contribution in [3.8, 4) is 0 Å². The van der Waals surface area contributed by atoms with Gasteiger partial charge >= 0.3 is 0 Å². The van der Waals surface area contributed by atoms with Crippen molar-refractivity contribution in [2.45, 2.75) is 20.3 Å². The maximum absolute atomic E-state index is 12.6. The molecule has 0 spiro atoms. The molecule has 1 aliphatic rings. The van der Waals surface area contributed by atoms with Gasteiger partial charge in [0.2, 0.25) is 11.8 Å². The number of rotatable bonds is 5. The second kappa shape index (κ2) is 8.32. The second-order valence-corrected chi connectivity index (χ2v) is 7.77. The summed E-state index contributed by atoms with van der Waals surface area (Å²) in [6.45, 7) is 5.58. The topological polar surface area (TPSA) is 66.6 Å². The third-order valence-corrected chi connectivity index (χ3v) is 4.88. The van der Waals surface area contributed by atoms with Crippen LogP contribution in [-0.2, 0) is 9.59 Å². The molecule has 2 N–H and O–H groups in total. The van der Waals surface area contributed by atoms with E-state index in [0.29, 0.717) is 19.6 Å². The molecule has 0 saturated carbocycles. The fourth-order valence-electron chi connectivity index (χ4n) is 2.87. The average Bonchev–Trinajstić information content (AvgIpc) is 2.88. The van der Waals surface area contributed by atoms with Gasteiger partial charge in [-0.3, -0.25) is 9.59 Å². The summed E-state index contributed by atoms with van der Waals surface area (Å²) in [4.78, 5) is 28.4. The van der Waals surface area contributed by atoms with E-state index in [9.17, 15) is 9.59 Å². The smallest absolute Gasteiger partial charge is 0.227 e. The summed E-state index contributed by atoms with van der Waals surface area (Å²) in [5, 5.41) is 0. The van der Waals surface area contributed by atoms with Gasteiger partial charge in [-0.1, -0.05) is 26.0 Å². The summed E-state index contributed by atoms with van der Waals surface area (Å²) in [6, 6.07) is 7.57. The Morgan fingerprint density at radius 1 is 1.42 bits per heavy atom. The van der Waals surface area contributed by atoms with Crippen LogP contribution in [0.1, 0.15) is 20.3 Å². The Hall–Kier alpha value is -1.11. The Morgan fingerprint density at radius 3 is 2.62 bits per heavy atom. The van der Waals surface area contributed by atoms with E-state index in [0.717, 1.165) is 10.2 Å². The first-order valence-electron chi connectivity index (χ1n) is 7.75. The number of para-hydroxylation sites is 1. The number of anilines is 1. The van der Waals surface area contributed by atoms with Gasteiger partial charge in [0.25, 0.3) is 0 Å². The highest BCUT2D eigenvalue weighted by Crippen LogP contribution is 2.32. The number of hydrogen-bond acceptors (Lipinski definition) is 3. The van der Waals surface area contributed by atoms with Crippen LogP contribution < -0.4 is 10.6 Å². The SMILES string of the molecule is CN(CC(C)(C)CN)C(=O)C1CC(=O)N(c2ccccc2Br)C1.Cl. The van der Waals surface area contributed by atoms with E-state index in [1.807, 2.05) is 38.1 Å². The van der Waals surface area contributed by atoms with Crippen molar-refractivity contribution in [1.29, 1.82) is 0 Å². The Kier molecular flexibility index (Phi) is 7.25.